The number of carbonyl (C=O) groups is 1. The minimum absolute atomic E-state index is 0.0159. The van der Waals surface area contributed by atoms with E-state index in [-0.39, 0.29) is 11.5 Å². The van der Waals surface area contributed by atoms with Crippen LogP contribution in [0, 0.1) is 5.82 Å². The number of aryl methyl sites for hydroxylation is 1. The molecule has 1 aromatic carbocycles. The highest BCUT2D eigenvalue weighted by atomic mass is 19.1. The first kappa shape index (κ1) is 8.23. The fourth-order valence-corrected chi connectivity index (χ4v) is 1.74. The van der Waals surface area contributed by atoms with Crippen LogP contribution < -0.4 is 5.73 Å². The third kappa shape index (κ3) is 1.20. The van der Waals surface area contributed by atoms with E-state index in [4.69, 9.17) is 5.73 Å². The summed E-state index contributed by atoms with van der Waals surface area (Å²) in [7, 11) is 0. The van der Waals surface area contributed by atoms with E-state index in [0.717, 1.165) is 18.4 Å². The van der Waals surface area contributed by atoms with Gasteiger partial charge in [-0.2, -0.15) is 0 Å². The fourth-order valence-electron chi connectivity index (χ4n) is 1.74. The molecule has 0 unspecified atom stereocenters. The van der Waals surface area contributed by atoms with Crippen molar-refractivity contribution in [1.29, 1.82) is 0 Å². The monoisotopic (exact) mass is 179 g/mol. The van der Waals surface area contributed by atoms with Crippen molar-refractivity contribution < 1.29 is 9.18 Å². The van der Waals surface area contributed by atoms with Crippen LogP contribution in [0.3, 0.4) is 0 Å². The summed E-state index contributed by atoms with van der Waals surface area (Å²) in [6.07, 6.45) is 2.16. The van der Waals surface area contributed by atoms with Gasteiger partial charge in [-0.3, -0.25) is 4.79 Å². The molecule has 1 aliphatic carbocycles. The molecular formula is C10H10FNO. The number of nitrogen functional groups attached to an aromatic ring is 1. The Balaban J connectivity index is 2.65. The standard InChI is InChI=1S/C10H10FNO/c11-7-5-4-6-2-1-3-8(13)9(6)10(7)12/h4-5H,1-3,12H2. The van der Waals surface area contributed by atoms with Gasteiger partial charge in [0.25, 0.3) is 0 Å². The van der Waals surface area contributed by atoms with Gasteiger partial charge in [-0.05, 0) is 24.5 Å². The maximum Gasteiger partial charge on any atom is 0.165 e. The summed E-state index contributed by atoms with van der Waals surface area (Å²) in [4.78, 5) is 11.4. The Kier molecular flexibility index (Phi) is 1.79. The molecule has 0 saturated heterocycles. The number of halogens is 1. The second kappa shape index (κ2) is 2.83. The maximum atomic E-state index is 13.0. The molecule has 0 bridgehead atoms. The fraction of sp³-hybridized carbons (Fsp3) is 0.300. The number of hydrogen-bond acceptors (Lipinski definition) is 2. The van der Waals surface area contributed by atoms with E-state index >= 15 is 0 Å². The second-order valence-electron chi connectivity index (χ2n) is 3.27. The summed E-state index contributed by atoms with van der Waals surface area (Å²) in [5.74, 6) is -0.521. The lowest BCUT2D eigenvalue weighted by molar-refractivity contribution is 0.0973. The van der Waals surface area contributed by atoms with Crippen LogP contribution in [0.25, 0.3) is 0 Å². The third-order valence-electron chi connectivity index (χ3n) is 2.41. The Morgan fingerprint density at radius 3 is 2.85 bits per heavy atom. The first-order chi connectivity index (χ1) is 6.20. The molecule has 2 N–H and O–H groups in total. The van der Waals surface area contributed by atoms with Crippen LogP contribution in [0.1, 0.15) is 28.8 Å². The molecule has 1 aromatic rings. The van der Waals surface area contributed by atoms with Crippen LogP contribution >= 0.6 is 0 Å². The molecule has 0 aromatic heterocycles. The van der Waals surface area contributed by atoms with E-state index in [1.165, 1.54) is 6.07 Å². The summed E-state index contributed by atoms with van der Waals surface area (Å²) >= 11 is 0. The van der Waals surface area contributed by atoms with Crippen LogP contribution in [-0.2, 0) is 6.42 Å². The number of benzene rings is 1. The minimum atomic E-state index is -0.492. The van der Waals surface area contributed by atoms with Crippen molar-refractivity contribution in [2.75, 3.05) is 5.73 Å². The first-order valence-corrected chi connectivity index (χ1v) is 4.30. The lowest BCUT2D eigenvalue weighted by Crippen LogP contribution is -2.14. The van der Waals surface area contributed by atoms with Gasteiger partial charge >= 0.3 is 0 Å². The predicted octanol–water partition coefficient (Wildman–Crippen LogP) is 1.93. The van der Waals surface area contributed by atoms with Crippen molar-refractivity contribution >= 4 is 11.5 Å². The summed E-state index contributed by atoms with van der Waals surface area (Å²) < 4.78 is 13.0. The van der Waals surface area contributed by atoms with Crippen LogP contribution in [0.5, 0.6) is 0 Å². The number of ketones is 1. The molecule has 2 nitrogen and oxygen atoms in total. The van der Waals surface area contributed by atoms with Crippen molar-refractivity contribution in [1.82, 2.24) is 0 Å². The largest absolute Gasteiger partial charge is 0.396 e. The number of anilines is 1. The molecule has 2 rings (SSSR count). The number of rotatable bonds is 0. The normalized spacial score (nSPS) is 15.6. The Bertz CT molecular complexity index is 373. The zero-order valence-corrected chi connectivity index (χ0v) is 7.14. The number of Topliss-reactive ketones (excluding diaryl/α,β-unsaturated/α-hetero) is 1. The smallest absolute Gasteiger partial charge is 0.165 e. The van der Waals surface area contributed by atoms with E-state index < -0.39 is 5.82 Å². The Hall–Kier alpha value is -1.38. The maximum absolute atomic E-state index is 13.0. The molecule has 0 atom stereocenters. The van der Waals surface area contributed by atoms with Crippen molar-refractivity contribution in [3.8, 4) is 0 Å². The Morgan fingerprint density at radius 1 is 1.31 bits per heavy atom. The van der Waals surface area contributed by atoms with Gasteiger partial charge in [-0.25, -0.2) is 4.39 Å². The minimum Gasteiger partial charge on any atom is -0.396 e. The van der Waals surface area contributed by atoms with Crippen molar-refractivity contribution in [2.45, 2.75) is 19.3 Å². The van der Waals surface area contributed by atoms with Crippen molar-refractivity contribution in [3.63, 3.8) is 0 Å². The molecule has 0 aliphatic heterocycles. The average molecular weight is 179 g/mol. The zero-order valence-electron chi connectivity index (χ0n) is 7.14. The van der Waals surface area contributed by atoms with Gasteiger partial charge < -0.3 is 5.73 Å². The summed E-state index contributed by atoms with van der Waals surface area (Å²) in [5.41, 5.74) is 6.81. The van der Waals surface area contributed by atoms with Gasteiger partial charge in [0.15, 0.2) is 5.78 Å². The Morgan fingerprint density at radius 2 is 2.08 bits per heavy atom. The summed E-state index contributed by atoms with van der Waals surface area (Å²) in [6, 6.07) is 2.98. The lowest BCUT2D eigenvalue weighted by Gasteiger charge is -2.16. The van der Waals surface area contributed by atoms with Crippen LogP contribution in [0.4, 0.5) is 10.1 Å². The van der Waals surface area contributed by atoms with Gasteiger partial charge in [-0.15, -0.1) is 0 Å². The quantitative estimate of drug-likeness (QED) is 0.618. The van der Waals surface area contributed by atoms with Crippen LogP contribution in [-0.4, -0.2) is 5.78 Å². The molecular weight excluding hydrogens is 169 g/mol. The van der Waals surface area contributed by atoms with Crippen LogP contribution in [0.2, 0.25) is 0 Å². The second-order valence-corrected chi connectivity index (χ2v) is 3.27. The highest BCUT2D eigenvalue weighted by Gasteiger charge is 2.21. The number of hydrogen-bond donors (Lipinski definition) is 1. The van der Waals surface area contributed by atoms with Gasteiger partial charge in [0.1, 0.15) is 5.82 Å². The summed E-state index contributed by atoms with van der Waals surface area (Å²) in [6.45, 7) is 0. The van der Waals surface area contributed by atoms with Crippen molar-refractivity contribution in [3.05, 3.63) is 29.1 Å². The molecule has 0 saturated carbocycles. The number of carbonyl (C=O) groups excluding carboxylic acids is 1. The topological polar surface area (TPSA) is 43.1 Å². The van der Waals surface area contributed by atoms with Gasteiger partial charge in [0.2, 0.25) is 0 Å². The zero-order chi connectivity index (χ0) is 9.42. The third-order valence-corrected chi connectivity index (χ3v) is 2.41. The molecule has 0 amide bonds. The predicted molar refractivity (Wildman–Crippen MR) is 48.1 cm³/mol. The van der Waals surface area contributed by atoms with E-state index in [1.807, 2.05) is 0 Å². The SMILES string of the molecule is Nc1c(F)ccc2c1C(=O)CCC2. The molecule has 1 aliphatic rings. The van der Waals surface area contributed by atoms with Gasteiger partial charge in [0.05, 0.1) is 5.69 Å². The van der Waals surface area contributed by atoms with E-state index in [0.29, 0.717) is 12.0 Å². The van der Waals surface area contributed by atoms with Gasteiger partial charge in [-0.1, -0.05) is 6.07 Å². The van der Waals surface area contributed by atoms with E-state index in [9.17, 15) is 9.18 Å². The highest BCUT2D eigenvalue weighted by Crippen LogP contribution is 2.27. The van der Waals surface area contributed by atoms with Crippen molar-refractivity contribution in [2.24, 2.45) is 0 Å². The van der Waals surface area contributed by atoms with E-state index in [2.05, 4.69) is 0 Å². The van der Waals surface area contributed by atoms with Crippen LogP contribution in [0.15, 0.2) is 12.1 Å². The van der Waals surface area contributed by atoms with Gasteiger partial charge in [0, 0.05) is 12.0 Å². The first-order valence-electron chi connectivity index (χ1n) is 4.30. The molecule has 0 fully saturated rings. The molecule has 3 heteroatoms. The summed E-state index contributed by atoms with van der Waals surface area (Å²) in [5, 5.41) is 0. The lowest BCUT2D eigenvalue weighted by atomic mass is 9.89. The number of nitrogens with two attached hydrogens (primary N) is 1. The van der Waals surface area contributed by atoms with E-state index in [1.54, 1.807) is 6.07 Å². The highest BCUT2D eigenvalue weighted by molar-refractivity contribution is 6.03. The molecule has 0 radical (unpaired) electrons. The molecule has 0 spiro atoms. The Labute approximate surface area is 75.6 Å². The molecule has 13 heavy (non-hydrogen) atoms. The number of fused-ring (bicyclic) bond motifs is 1. The average Bonchev–Trinajstić information content (AvgIpc) is 2.12. The molecule has 0 heterocycles. The molecule has 68 valence electrons.